The first kappa shape index (κ1) is 30.4. The number of hydrogen-bond acceptors (Lipinski definition) is 10. The smallest absolute Gasteiger partial charge is 0.398 e. The van der Waals surface area contributed by atoms with Crippen LogP contribution < -0.4 is 0 Å². The highest BCUT2D eigenvalue weighted by molar-refractivity contribution is 7.81. The lowest BCUT2D eigenvalue weighted by Crippen LogP contribution is -2.64. The highest BCUT2D eigenvalue weighted by Crippen LogP contribution is 2.73. The molecular weight excluding hydrogens is 592 g/mol. The summed E-state index contributed by atoms with van der Waals surface area (Å²) in [4.78, 5) is 26.3. The molecule has 0 amide bonds. The summed E-state index contributed by atoms with van der Waals surface area (Å²) in [6.07, 6.45) is 5.50. The maximum absolute atomic E-state index is 13.5. The fourth-order valence-corrected chi connectivity index (χ4v) is 10.8. The molecule has 0 radical (unpaired) electrons. The molecule has 6 aliphatic rings. The van der Waals surface area contributed by atoms with Gasteiger partial charge in [0, 0.05) is 6.42 Å². The van der Waals surface area contributed by atoms with Crippen molar-refractivity contribution in [3.8, 4) is 0 Å². The molecule has 0 bridgehead atoms. The molecule has 3 saturated carbocycles. The standard InChI is InChI=1S/C28H38O12S2/c1-14-11-21(38-25(30)17(14)13-37-41(31,32)33)15(2)18-5-6-19-16-12-24-28(39-24)23(40-42(34,35)36)8-7-22(29)27(28,4)20(16)9-10-26(18,19)3/h7-8,15-16,18-21,23-24H,5-6,9-13H2,1-4H3,(H,31,32,33)(H,34,35,36)/t15-,16?,18?,19?,20?,21?,23-,24+,26+,27-,28?/m0/s1. The van der Waals surface area contributed by atoms with Gasteiger partial charge in [0.2, 0.25) is 0 Å². The number of rotatable bonds is 7. The minimum Gasteiger partial charge on any atom is -0.458 e. The lowest BCUT2D eigenvalue weighted by Gasteiger charge is -2.58. The molecule has 2 N–H and O–H groups in total. The van der Waals surface area contributed by atoms with Gasteiger partial charge in [0.15, 0.2) is 5.78 Å². The molecule has 1 spiro atoms. The van der Waals surface area contributed by atoms with E-state index in [0.717, 1.165) is 25.7 Å². The Bertz CT molecular complexity index is 1480. The van der Waals surface area contributed by atoms with Crippen LogP contribution in [0.2, 0.25) is 0 Å². The molecule has 0 aromatic heterocycles. The summed E-state index contributed by atoms with van der Waals surface area (Å²) in [5.74, 6) is -0.0766. The Balaban J connectivity index is 1.22. The van der Waals surface area contributed by atoms with Crippen LogP contribution in [0.1, 0.15) is 66.2 Å². The Morgan fingerprint density at radius 1 is 1.07 bits per heavy atom. The van der Waals surface area contributed by atoms with E-state index in [0.29, 0.717) is 18.4 Å². The van der Waals surface area contributed by atoms with E-state index in [1.54, 1.807) is 6.92 Å². The van der Waals surface area contributed by atoms with Crippen molar-refractivity contribution in [3.63, 3.8) is 0 Å². The number of esters is 1. The van der Waals surface area contributed by atoms with Crippen molar-refractivity contribution in [2.75, 3.05) is 6.61 Å². The average molecular weight is 631 g/mol. The van der Waals surface area contributed by atoms with E-state index in [1.165, 1.54) is 12.2 Å². The minimum absolute atomic E-state index is 0.0155. The molecule has 2 heterocycles. The molecule has 234 valence electrons. The third-order valence-corrected chi connectivity index (χ3v) is 12.9. The molecule has 11 atom stereocenters. The molecule has 12 nitrogen and oxygen atoms in total. The van der Waals surface area contributed by atoms with E-state index < -0.39 is 56.6 Å². The topological polar surface area (TPSA) is 183 Å². The molecule has 0 aromatic carbocycles. The van der Waals surface area contributed by atoms with Crippen LogP contribution in [0.15, 0.2) is 23.3 Å². The van der Waals surface area contributed by atoms with Gasteiger partial charge in [-0.3, -0.25) is 13.9 Å². The number of carbonyl (C=O) groups excluding carboxylic acids is 2. The van der Waals surface area contributed by atoms with Gasteiger partial charge in [0.05, 0.1) is 17.1 Å². The summed E-state index contributed by atoms with van der Waals surface area (Å²) in [6, 6.07) is 0. The zero-order valence-electron chi connectivity index (χ0n) is 24.0. The van der Waals surface area contributed by atoms with Crippen LogP contribution in [-0.4, -0.2) is 68.2 Å². The fraction of sp³-hybridized carbons (Fsp3) is 0.786. The lowest BCUT2D eigenvalue weighted by molar-refractivity contribution is -0.155. The summed E-state index contributed by atoms with van der Waals surface area (Å²) >= 11 is 0. The first-order valence-electron chi connectivity index (χ1n) is 14.5. The van der Waals surface area contributed by atoms with Crippen molar-refractivity contribution in [2.24, 2.45) is 40.4 Å². The van der Waals surface area contributed by atoms with Gasteiger partial charge in [-0.15, -0.1) is 0 Å². The van der Waals surface area contributed by atoms with E-state index >= 15 is 0 Å². The van der Waals surface area contributed by atoms with Crippen LogP contribution >= 0.6 is 0 Å². The summed E-state index contributed by atoms with van der Waals surface area (Å²) in [5.41, 5.74) is -1.42. The van der Waals surface area contributed by atoms with Gasteiger partial charge in [0.1, 0.15) is 24.4 Å². The van der Waals surface area contributed by atoms with E-state index in [4.69, 9.17) is 18.2 Å². The van der Waals surface area contributed by atoms with Crippen LogP contribution in [-0.2, 0) is 48.2 Å². The van der Waals surface area contributed by atoms with Crippen LogP contribution in [0.4, 0.5) is 0 Å². The zero-order valence-corrected chi connectivity index (χ0v) is 25.6. The molecule has 6 rings (SSSR count). The summed E-state index contributed by atoms with van der Waals surface area (Å²) < 4.78 is 85.1. The minimum atomic E-state index is -4.76. The Hall–Kier alpha value is -1.68. The van der Waals surface area contributed by atoms with Crippen LogP contribution in [0.5, 0.6) is 0 Å². The largest absolute Gasteiger partial charge is 0.458 e. The number of ketones is 1. The van der Waals surface area contributed by atoms with E-state index in [1.807, 2.05) is 6.92 Å². The van der Waals surface area contributed by atoms with E-state index in [9.17, 15) is 31.0 Å². The van der Waals surface area contributed by atoms with Gasteiger partial charge in [-0.1, -0.05) is 19.4 Å². The monoisotopic (exact) mass is 630 g/mol. The Morgan fingerprint density at radius 3 is 2.43 bits per heavy atom. The number of cyclic esters (lactones) is 1. The maximum atomic E-state index is 13.5. The second-order valence-corrected chi connectivity index (χ2v) is 15.7. The van der Waals surface area contributed by atoms with Gasteiger partial charge >= 0.3 is 26.8 Å². The number of ether oxygens (including phenoxy) is 2. The number of allylic oxidation sites excluding steroid dienone is 1. The first-order valence-corrected chi connectivity index (χ1v) is 17.2. The van der Waals surface area contributed by atoms with Gasteiger partial charge < -0.3 is 9.47 Å². The second kappa shape index (κ2) is 9.66. The molecule has 2 aliphatic heterocycles. The average Bonchev–Trinajstić information content (AvgIpc) is 3.50. The number of carbonyl (C=O) groups is 2. The van der Waals surface area contributed by atoms with Crippen molar-refractivity contribution in [2.45, 2.75) is 90.1 Å². The van der Waals surface area contributed by atoms with Crippen molar-refractivity contribution < 1.29 is 53.4 Å². The third kappa shape index (κ3) is 4.47. The van der Waals surface area contributed by atoms with Gasteiger partial charge in [0.25, 0.3) is 0 Å². The predicted octanol–water partition coefficient (Wildman–Crippen LogP) is 3.01. The maximum Gasteiger partial charge on any atom is 0.398 e. The van der Waals surface area contributed by atoms with Crippen LogP contribution in [0.3, 0.4) is 0 Å². The molecule has 1 saturated heterocycles. The quantitative estimate of drug-likeness (QED) is 0.239. The Labute approximate surface area is 246 Å². The Kier molecular flexibility index (Phi) is 6.98. The predicted molar refractivity (Wildman–Crippen MR) is 145 cm³/mol. The van der Waals surface area contributed by atoms with Crippen LogP contribution in [0, 0.1) is 40.4 Å². The van der Waals surface area contributed by atoms with Crippen molar-refractivity contribution in [1.29, 1.82) is 0 Å². The molecular formula is C28H38O12S2. The van der Waals surface area contributed by atoms with Gasteiger partial charge in [-0.25, -0.2) is 13.2 Å². The normalized spacial score (nSPS) is 45.4. The fourth-order valence-electron chi connectivity index (χ4n) is 10.0. The molecule has 0 aromatic rings. The second-order valence-electron chi connectivity index (χ2n) is 13.6. The molecule has 4 aliphatic carbocycles. The molecule has 6 unspecified atom stereocenters. The van der Waals surface area contributed by atoms with Crippen molar-refractivity contribution in [3.05, 3.63) is 23.3 Å². The molecule has 4 fully saturated rings. The van der Waals surface area contributed by atoms with Gasteiger partial charge in [-0.05, 0) is 93.1 Å². The highest BCUT2D eigenvalue weighted by atomic mass is 32.3. The lowest BCUT2D eigenvalue weighted by atomic mass is 9.44. The van der Waals surface area contributed by atoms with Crippen LogP contribution in [0.25, 0.3) is 0 Å². The van der Waals surface area contributed by atoms with E-state index in [2.05, 4.69) is 18.0 Å². The highest BCUT2D eigenvalue weighted by Gasteiger charge is 2.81. The van der Waals surface area contributed by atoms with Crippen molar-refractivity contribution in [1.82, 2.24) is 0 Å². The van der Waals surface area contributed by atoms with Crippen molar-refractivity contribution >= 4 is 32.6 Å². The van der Waals surface area contributed by atoms with Gasteiger partial charge in [-0.2, -0.15) is 16.8 Å². The SMILES string of the molecule is CC1=C(COS(=O)(=O)O)C(=O)OC([C@@H](C)C2CCC3C4C[C@H]5OC56[C@@H](OS(=O)(=O)O)C=CC(=O)[C@]6(C)C4CC[C@@]32C)C1. The summed E-state index contributed by atoms with van der Waals surface area (Å²) in [6.45, 7) is 7.43. The zero-order chi connectivity index (χ0) is 30.6. The summed E-state index contributed by atoms with van der Waals surface area (Å²) in [5, 5.41) is 0. The number of hydrogen-bond donors (Lipinski definition) is 2. The number of fused-ring (bicyclic) bond motifs is 4. The van der Waals surface area contributed by atoms with E-state index in [-0.39, 0.29) is 52.5 Å². The third-order valence-electron chi connectivity index (χ3n) is 12.0. The molecule has 42 heavy (non-hydrogen) atoms. The first-order chi connectivity index (χ1) is 19.4. The summed E-state index contributed by atoms with van der Waals surface area (Å²) in [7, 11) is -9.45. The number of epoxide rings is 1. The molecule has 14 heteroatoms. The Morgan fingerprint density at radius 2 is 1.79 bits per heavy atom.